The highest BCUT2D eigenvalue weighted by molar-refractivity contribution is 7.90. The molecule has 3 aromatic rings. The monoisotopic (exact) mass is 348 g/mol. The van der Waals surface area contributed by atoms with Crippen LogP contribution in [-0.2, 0) is 9.84 Å². The highest BCUT2D eigenvalue weighted by Gasteiger charge is 2.21. The Bertz CT molecular complexity index is 1080. The van der Waals surface area contributed by atoms with Crippen molar-refractivity contribution in [2.24, 2.45) is 0 Å². The maximum atomic E-state index is 14.1. The molecule has 2 aromatic carbocycles. The molecule has 124 valence electrons. The molecule has 1 aromatic heterocycles. The molecule has 4 nitrogen and oxygen atoms in total. The van der Waals surface area contributed by atoms with Gasteiger partial charge in [0.1, 0.15) is 0 Å². The number of nitrogens with two attached hydrogens (primary N) is 1. The summed E-state index contributed by atoms with van der Waals surface area (Å²) in [7, 11) is -3.49. The van der Waals surface area contributed by atoms with E-state index >= 15 is 0 Å². The molecular weight excluding hydrogens is 334 g/mol. The van der Waals surface area contributed by atoms with Gasteiger partial charge in [-0.05, 0) is 30.7 Å². The van der Waals surface area contributed by atoms with E-state index in [1.54, 1.807) is 25.1 Å². The zero-order chi connectivity index (χ0) is 17.6. The third kappa shape index (κ3) is 2.50. The van der Waals surface area contributed by atoms with Crippen molar-refractivity contribution in [2.45, 2.75) is 11.8 Å². The van der Waals surface area contributed by atoms with E-state index in [0.29, 0.717) is 16.8 Å². The quantitative estimate of drug-likeness (QED) is 0.769. The Balaban J connectivity index is 2.42. The second-order valence-corrected chi connectivity index (χ2v) is 7.51. The largest absolute Gasteiger partial charge is 0.398 e. The van der Waals surface area contributed by atoms with Crippen molar-refractivity contribution >= 4 is 26.4 Å². The highest BCUT2D eigenvalue weighted by Crippen LogP contribution is 2.35. The fraction of sp³-hybridized carbons (Fsp3) is 0.118. The normalized spacial score (nSPS) is 11.8. The Kier molecular flexibility index (Phi) is 3.76. The molecule has 1 heterocycles. The average molecular weight is 348 g/mol. The first-order valence-electron chi connectivity index (χ1n) is 7.05. The van der Waals surface area contributed by atoms with Gasteiger partial charge in [-0.3, -0.25) is 0 Å². The predicted molar refractivity (Wildman–Crippen MR) is 89.4 cm³/mol. The van der Waals surface area contributed by atoms with Gasteiger partial charge < -0.3 is 5.73 Å². The van der Waals surface area contributed by atoms with Crippen LogP contribution in [0.15, 0.2) is 41.3 Å². The van der Waals surface area contributed by atoms with Crippen LogP contribution in [0.3, 0.4) is 0 Å². The summed E-state index contributed by atoms with van der Waals surface area (Å²) in [6.45, 7) is 1.60. The van der Waals surface area contributed by atoms with Crippen molar-refractivity contribution in [1.82, 2.24) is 4.98 Å². The number of pyridine rings is 1. The van der Waals surface area contributed by atoms with Gasteiger partial charge in [0, 0.05) is 17.5 Å². The molecule has 0 amide bonds. The van der Waals surface area contributed by atoms with Crippen molar-refractivity contribution in [3.05, 3.63) is 53.6 Å². The molecule has 0 fully saturated rings. The maximum Gasteiger partial charge on any atom is 0.176 e. The summed E-state index contributed by atoms with van der Waals surface area (Å²) in [6.07, 6.45) is 1.10. The van der Waals surface area contributed by atoms with Gasteiger partial charge in [-0.25, -0.2) is 22.2 Å². The summed E-state index contributed by atoms with van der Waals surface area (Å²) in [4.78, 5) is 4.43. The molecular formula is C17H14F2N2O2S. The number of nitrogen functional groups attached to an aromatic ring is 1. The number of benzene rings is 2. The Morgan fingerprint density at radius 1 is 1.08 bits per heavy atom. The molecule has 0 aliphatic carbocycles. The lowest BCUT2D eigenvalue weighted by atomic mass is 10.0. The van der Waals surface area contributed by atoms with Crippen molar-refractivity contribution in [1.29, 1.82) is 0 Å². The number of halogens is 2. The average Bonchev–Trinajstić information content (AvgIpc) is 2.53. The summed E-state index contributed by atoms with van der Waals surface area (Å²) >= 11 is 0. The molecule has 0 spiro atoms. The van der Waals surface area contributed by atoms with Gasteiger partial charge in [-0.15, -0.1) is 0 Å². The van der Waals surface area contributed by atoms with E-state index in [-0.39, 0.29) is 21.5 Å². The van der Waals surface area contributed by atoms with Crippen LogP contribution in [0.5, 0.6) is 0 Å². The smallest absolute Gasteiger partial charge is 0.176 e. The van der Waals surface area contributed by atoms with Gasteiger partial charge >= 0.3 is 0 Å². The van der Waals surface area contributed by atoms with E-state index in [9.17, 15) is 17.2 Å². The van der Waals surface area contributed by atoms with Crippen LogP contribution in [0.2, 0.25) is 0 Å². The number of sulfone groups is 1. The second-order valence-electron chi connectivity index (χ2n) is 5.52. The van der Waals surface area contributed by atoms with Gasteiger partial charge in [0.25, 0.3) is 0 Å². The highest BCUT2D eigenvalue weighted by atomic mass is 32.2. The third-order valence-corrected chi connectivity index (χ3v) is 5.03. The molecule has 0 saturated carbocycles. The van der Waals surface area contributed by atoms with Crippen LogP contribution in [0, 0.1) is 18.6 Å². The van der Waals surface area contributed by atoms with Crippen molar-refractivity contribution in [3.8, 4) is 11.3 Å². The predicted octanol–water partition coefficient (Wildman–Crippen LogP) is 3.47. The van der Waals surface area contributed by atoms with Crippen LogP contribution < -0.4 is 5.73 Å². The van der Waals surface area contributed by atoms with Gasteiger partial charge in [0.15, 0.2) is 21.5 Å². The fourth-order valence-corrected chi connectivity index (χ4v) is 3.55. The molecule has 0 radical (unpaired) electrons. The van der Waals surface area contributed by atoms with Gasteiger partial charge in [-0.1, -0.05) is 18.2 Å². The zero-order valence-electron chi connectivity index (χ0n) is 13.0. The zero-order valence-corrected chi connectivity index (χ0v) is 13.8. The number of aromatic nitrogens is 1. The standard InChI is InChI=1S/C17H14F2N2O2S/c1-9-16(20)14-12(8-7-11(18)15(14)19)21-17(9)10-5-3-4-6-13(10)24(2,22)23/h3-8H,1-2H3,(H2,20,21). The van der Waals surface area contributed by atoms with Crippen LogP contribution in [0.4, 0.5) is 14.5 Å². The van der Waals surface area contributed by atoms with Crippen molar-refractivity contribution in [2.75, 3.05) is 12.0 Å². The van der Waals surface area contributed by atoms with E-state index in [1.165, 1.54) is 12.1 Å². The van der Waals surface area contributed by atoms with Gasteiger partial charge in [0.2, 0.25) is 0 Å². The maximum absolute atomic E-state index is 14.1. The first-order chi connectivity index (χ1) is 11.2. The Morgan fingerprint density at radius 2 is 1.75 bits per heavy atom. The molecule has 24 heavy (non-hydrogen) atoms. The summed E-state index contributed by atoms with van der Waals surface area (Å²) in [5.41, 5.74) is 7.28. The minimum absolute atomic E-state index is 0.0373. The number of hydrogen-bond donors (Lipinski definition) is 1. The van der Waals surface area contributed by atoms with Gasteiger partial charge in [0.05, 0.1) is 21.5 Å². The number of rotatable bonds is 2. The Hall–Kier alpha value is -2.54. The summed E-state index contributed by atoms with van der Waals surface area (Å²) in [5.74, 6) is -2.08. The van der Waals surface area contributed by atoms with Crippen LogP contribution >= 0.6 is 0 Å². The molecule has 0 saturated heterocycles. The van der Waals surface area contributed by atoms with E-state index < -0.39 is 21.5 Å². The van der Waals surface area contributed by atoms with E-state index in [1.807, 2.05) is 0 Å². The molecule has 2 N–H and O–H groups in total. The molecule has 3 rings (SSSR count). The van der Waals surface area contributed by atoms with E-state index in [4.69, 9.17) is 5.73 Å². The van der Waals surface area contributed by atoms with Crippen LogP contribution in [-0.4, -0.2) is 19.7 Å². The number of nitrogens with zero attached hydrogens (tertiary/aromatic N) is 1. The molecule has 0 aliphatic heterocycles. The summed E-state index contributed by atoms with van der Waals surface area (Å²) < 4.78 is 51.6. The molecule has 0 aliphatic rings. The minimum atomic E-state index is -3.49. The van der Waals surface area contributed by atoms with Crippen molar-refractivity contribution < 1.29 is 17.2 Å². The lowest BCUT2D eigenvalue weighted by molar-refractivity contribution is 0.517. The number of anilines is 1. The molecule has 0 bridgehead atoms. The first-order valence-corrected chi connectivity index (χ1v) is 8.94. The number of hydrogen-bond acceptors (Lipinski definition) is 4. The molecule has 0 unspecified atom stereocenters. The molecule has 0 atom stereocenters. The van der Waals surface area contributed by atoms with E-state index in [0.717, 1.165) is 12.3 Å². The van der Waals surface area contributed by atoms with Crippen molar-refractivity contribution in [3.63, 3.8) is 0 Å². The first kappa shape index (κ1) is 16.3. The third-order valence-electron chi connectivity index (χ3n) is 3.88. The van der Waals surface area contributed by atoms with Gasteiger partial charge in [-0.2, -0.15) is 0 Å². The SMILES string of the molecule is Cc1c(-c2ccccc2S(C)(=O)=O)nc2ccc(F)c(F)c2c1N. The topological polar surface area (TPSA) is 73.0 Å². The Labute approximate surface area is 137 Å². The summed E-state index contributed by atoms with van der Waals surface area (Å²) in [6, 6.07) is 8.64. The van der Waals surface area contributed by atoms with E-state index in [2.05, 4.69) is 4.98 Å². The Morgan fingerprint density at radius 3 is 2.42 bits per heavy atom. The number of fused-ring (bicyclic) bond motifs is 1. The summed E-state index contributed by atoms with van der Waals surface area (Å²) in [5, 5.41) is -0.104. The lowest BCUT2D eigenvalue weighted by Crippen LogP contribution is -2.04. The van der Waals surface area contributed by atoms with Crippen LogP contribution in [0.1, 0.15) is 5.56 Å². The minimum Gasteiger partial charge on any atom is -0.398 e. The second kappa shape index (κ2) is 5.52. The van der Waals surface area contributed by atoms with Crippen LogP contribution in [0.25, 0.3) is 22.2 Å². The molecule has 7 heteroatoms. The fourth-order valence-electron chi connectivity index (χ4n) is 2.66. The lowest BCUT2D eigenvalue weighted by Gasteiger charge is -2.14.